The fourth-order valence-corrected chi connectivity index (χ4v) is 8.39. The van der Waals surface area contributed by atoms with Crippen molar-refractivity contribution in [2.24, 2.45) is 0 Å². The van der Waals surface area contributed by atoms with E-state index in [0.29, 0.717) is 0 Å². The van der Waals surface area contributed by atoms with Gasteiger partial charge in [-0.05, 0) is 56.9 Å². The first kappa shape index (κ1) is 21.0. The van der Waals surface area contributed by atoms with Crippen LogP contribution in [-0.4, -0.2) is 4.40 Å². The van der Waals surface area contributed by atoms with Gasteiger partial charge < -0.3 is 4.40 Å². The van der Waals surface area contributed by atoms with E-state index in [4.69, 9.17) is 0 Å². The predicted octanol–water partition coefficient (Wildman–Crippen LogP) is 11.2. The van der Waals surface area contributed by atoms with Crippen molar-refractivity contribution in [3.8, 4) is 11.1 Å². The van der Waals surface area contributed by atoms with E-state index in [1.54, 1.807) is 0 Å². The lowest BCUT2D eigenvalue weighted by Gasteiger charge is -2.07. The molecule has 0 aliphatic heterocycles. The van der Waals surface area contributed by atoms with Crippen LogP contribution in [0.3, 0.4) is 0 Å². The van der Waals surface area contributed by atoms with Gasteiger partial charge in [0.15, 0.2) is 0 Å². The molecule has 1 nitrogen and oxygen atoms in total. The molecule has 0 atom stereocenters. The summed E-state index contributed by atoms with van der Waals surface area (Å²) in [5.41, 5.74) is 6.40. The average molecular weight is 524 g/mol. The molecular formula is C38H21NS. The molecule has 0 bridgehead atoms. The van der Waals surface area contributed by atoms with Crippen LogP contribution < -0.4 is 0 Å². The molecule has 7 aromatic carbocycles. The third-order valence-corrected chi connectivity index (χ3v) is 10.0. The zero-order valence-electron chi connectivity index (χ0n) is 21.5. The van der Waals surface area contributed by atoms with Gasteiger partial charge in [-0.25, -0.2) is 0 Å². The van der Waals surface area contributed by atoms with Crippen molar-refractivity contribution in [1.29, 1.82) is 0 Å². The Bertz CT molecular complexity index is 2640. The van der Waals surface area contributed by atoms with Gasteiger partial charge in [0, 0.05) is 41.7 Å². The van der Waals surface area contributed by atoms with Crippen LogP contribution in [0.1, 0.15) is 0 Å². The van der Waals surface area contributed by atoms with E-state index in [1.807, 2.05) is 11.3 Å². The maximum Gasteiger partial charge on any atom is 0.0626 e. The molecule has 3 heterocycles. The van der Waals surface area contributed by atoms with Crippen LogP contribution in [0.25, 0.3) is 90.9 Å². The number of hydrogen-bond acceptors (Lipinski definition) is 1. The van der Waals surface area contributed by atoms with Crippen molar-refractivity contribution in [3.05, 3.63) is 127 Å². The quantitative estimate of drug-likeness (QED) is 0.188. The highest BCUT2D eigenvalue weighted by Crippen LogP contribution is 2.46. The highest BCUT2D eigenvalue weighted by Gasteiger charge is 2.20. The van der Waals surface area contributed by atoms with E-state index in [-0.39, 0.29) is 0 Å². The van der Waals surface area contributed by atoms with E-state index >= 15 is 0 Å². The lowest BCUT2D eigenvalue weighted by molar-refractivity contribution is 1.36. The summed E-state index contributed by atoms with van der Waals surface area (Å²) in [5, 5.41) is 13.2. The van der Waals surface area contributed by atoms with Crippen LogP contribution in [0.15, 0.2) is 127 Å². The number of aromatic nitrogens is 1. The number of para-hydroxylation sites is 1. The summed E-state index contributed by atoms with van der Waals surface area (Å²) in [6, 6.07) is 47.4. The lowest BCUT2D eigenvalue weighted by Crippen LogP contribution is -1.86. The van der Waals surface area contributed by atoms with E-state index in [1.165, 1.54) is 90.9 Å². The van der Waals surface area contributed by atoms with Gasteiger partial charge in [0.1, 0.15) is 0 Å². The number of hydrogen-bond donors (Lipinski definition) is 0. The Hall–Kier alpha value is -4.92. The van der Waals surface area contributed by atoms with E-state index in [0.717, 1.165) is 0 Å². The van der Waals surface area contributed by atoms with Gasteiger partial charge in [-0.15, -0.1) is 11.3 Å². The summed E-state index contributed by atoms with van der Waals surface area (Å²) in [6.07, 6.45) is 0. The molecule has 0 fully saturated rings. The summed E-state index contributed by atoms with van der Waals surface area (Å²) < 4.78 is 5.22. The smallest absolute Gasteiger partial charge is 0.0626 e. The maximum absolute atomic E-state index is 2.55. The van der Waals surface area contributed by atoms with Crippen molar-refractivity contribution in [2.75, 3.05) is 0 Å². The topological polar surface area (TPSA) is 4.41 Å². The molecule has 0 aliphatic carbocycles. The molecular weight excluding hydrogens is 502 g/mol. The summed E-state index contributed by atoms with van der Waals surface area (Å²) in [5.74, 6) is 0. The zero-order valence-corrected chi connectivity index (χ0v) is 22.3. The Morgan fingerprint density at radius 3 is 2.12 bits per heavy atom. The first-order valence-electron chi connectivity index (χ1n) is 13.8. The van der Waals surface area contributed by atoms with Crippen LogP contribution in [0.2, 0.25) is 0 Å². The number of thiophene rings is 1. The number of nitrogens with zero attached hydrogens (tertiary/aromatic N) is 1. The highest BCUT2D eigenvalue weighted by atomic mass is 32.1. The SMILES string of the molecule is c1ccc(-c2cccc3sc4cc5c6cccc7ccc8ccc9c%10ccccc%10n(c5cc4c23)c9c8c76)cc1. The minimum Gasteiger partial charge on any atom is -0.308 e. The van der Waals surface area contributed by atoms with E-state index in [9.17, 15) is 0 Å². The second-order valence-corrected chi connectivity index (χ2v) is 12.0. The number of fused-ring (bicyclic) bond motifs is 9. The molecule has 0 spiro atoms. The van der Waals surface area contributed by atoms with Crippen LogP contribution >= 0.6 is 11.3 Å². The van der Waals surface area contributed by atoms with Gasteiger partial charge in [0.05, 0.1) is 16.6 Å². The van der Waals surface area contributed by atoms with Gasteiger partial charge >= 0.3 is 0 Å². The van der Waals surface area contributed by atoms with Gasteiger partial charge in [-0.1, -0.05) is 103 Å². The summed E-state index contributed by atoms with van der Waals surface area (Å²) >= 11 is 1.90. The molecule has 3 aromatic heterocycles. The van der Waals surface area contributed by atoms with Crippen molar-refractivity contribution in [1.82, 2.24) is 4.40 Å². The molecule has 10 aromatic rings. The number of benzene rings is 7. The Morgan fingerprint density at radius 1 is 0.425 bits per heavy atom. The Kier molecular flexibility index (Phi) is 3.87. The molecule has 184 valence electrons. The normalized spacial score (nSPS) is 12.5. The molecule has 0 radical (unpaired) electrons. The Labute approximate surface area is 233 Å². The molecule has 10 rings (SSSR count). The largest absolute Gasteiger partial charge is 0.308 e. The van der Waals surface area contributed by atoms with Crippen LogP contribution in [-0.2, 0) is 0 Å². The summed E-state index contributed by atoms with van der Waals surface area (Å²) in [4.78, 5) is 0. The third-order valence-electron chi connectivity index (χ3n) is 8.89. The molecule has 0 unspecified atom stereocenters. The monoisotopic (exact) mass is 523 g/mol. The summed E-state index contributed by atoms with van der Waals surface area (Å²) in [7, 11) is 0. The first-order valence-corrected chi connectivity index (χ1v) is 14.6. The fraction of sp³-hybridized carbons (Fsp3) is 0. The van der Waals surface area contributed by atoms with Crippen molar-refractivity contribution in [2.45, 2.75) is 0 Å². The minimum atomic E-state index is 1.26. The Balaban J connectivity index is 1.55. The van der Waals surface area contributed by atoms with E-state index < -0.39 is 0 Å². The predicted molar refractivity (Wildman–Crippen MR) is 174 cm³/mol. The van der Waals surface area contributed by atoms with Crippen LogP contribution in [0.4, 0.5) is 0 Å². The number of rotatable bonds is 1. The Morgan fingerprint density at radius 2 is 1.20 bits per heavy atom. The van der Waals surface area contributed by atoms with Gasteiger partial charge in [-0.2, -0.15) is 0 Å². The van der Waals surface area contributed by atoms with Crippen molar-refractivity contribution in [3.63, 3.8) is 0 Å². The highest BCUT2D eigenvalue weighted by molar-refractivity contribution is 7.26. The lowest BCUT2D eigenvalue weighted by atomic mass is 9.95. The molecule has 0 saturated carbocycles. The van der Waals surface area contributed by atoms with Crippen molar-refractivity contribution < 1.29 is 0 Å². The van der Waals surface area contributed by atoms with E-state index in [2.05, 4.69) is 132 Å². The third kappa shape index (κ3) is 2.53. The molecule has 40 heavy (non-hydrogen) atoms. The second kappa shape index (κ2) is 7.38. The standard InChI is InChI=1S/C38H21NS/c1-2-8-22(9-3-1)25-12-7-15-33-37(25)30-20-32-29(21-34(30)40-33)27-13-6-10-23-16-17-24-18-19-28-26-11-4-5-14-31(26)39(32)38(28)36(24)35(23)27/h1-21H. The van der Waals surface area contributed by atoms with Crippen LogP contribution in [0, 0.1) is 0 Å². The molecule has 0 amide bonds. The fourth-order valence-electron chi connectivity index (χ4n) is 7.24. The van der Waals surface area contributed by atoms with Gasteiger partial charge in [0.25, 0.3) is 0 Å². The molecule has 2 heteroatoms. The molecule has 0 saturated heterocycles. The second-order valence-electron chi connectivity index (χ2n) is 10.9. The minimum absolute atomic E-state index is 1.26. The van der Waals surface area contributed by atoms with Crippen molar-refractivity contribution >= 4 is 91.1 Å². The summed E-state index contributed by atoms with van der Waals surface area (Å²) in [6.45, 7) is 0. The molecule has 0 aliphatic rings. The zero-order chi connectivity index (χ0) is 25.9. The van der Waals surface area contributed by atoms with Gasteiger partial charge in [-0.3, -0.25) is 0 Å². The van der Waals surface area contributed by atoms with Gasteiger partial charge in [0.2, 0.25) is 0 Å². The first-order chi connectivity index (χ1) is 19.8. The average Bonchev–Trinajstić information content (AvgIpc) is 3.51. The maximum atomic E-state index is 2.55. The molecule has 0 N–H and O–H groups in total. The van der Waals surface area contributed by atoms with Crippen LogP contribution in [0.5, 0.6) is 0 Å².